The van der Waals surface area contributed by atoms with Gasteiger partial charge in [0.15, 0.2) is 0 Å². The van der Waals surface area contributed by atoms with E-state index in [9.17, 15) is 0 Å². The number of allylic oxidation sites excluding steroid dienone is 5. The van der Waals surface area contributed by atoms with Crippen molar-refractivity contribution in [3.05, 3.63) is 64.9 Å². The Bertz CT molecular complexity index is 504. The van der Waals surface area contributed by atoms with Crippen LogP contribution in [0, 0.1) is 13.8 Å². The van der Waals surface area contributed by atoms with Crippen molar-refractivity contribution >= 4 is 5.57 Å². The van der Waals surface area contributed by atoms with Gasteiger partial charge in [-0.05, 0) is 56.0 Å². The van der Waals surface area contributed by atoms with Crippen LogP contribution in [0.5, 0.6) is 0 Å². The molecule has 0 unspecified atom stereocenters. The van der Waals surface area contributed by atoms with Gasteiger partial charge < -0.3 is 5.32 Å². The molecule has 1 N–H and O–H groups in total. The second-order valence-corrected chi connectivity index (χ2v) is 4.81. The zero-order valence-corrected chi connectivity index (χ0v) is 12.1. The van der Waals surface area contributed by atoms with Crippen molar-refractivity contribution in [3.8, 4) is 0 Å². The van der Waals surface area contributed by atoms with Crippen molar-refractivity contribution in [1.82, 2.24) is 5.32 Å². The van der Waals surface area contributed by atoms with E-state index in [0.717, 1.165) is 11.3 Å². The van der Waals surface area contributed by atoms with Crippen LogP contribution in [0.2, 0.25) is 0 Å². The van der Waals surface area contributed by atoms with Crippen LogP contribution in [0.4, 0.5) is 0 Å². The summed E-state index contributed by atoms with van der Waals surface area (Å²) in [4.78, 5) is 0. The summed E-state index contributed by atoms with van der Waals surface area (Å²) >= 11 is 0. The molecule has 0 radical (unpaired) electrons. The van der Waals surface area contributed by atoms with Gasteiger partial charge in [0.2, 0.25) is 0 Å². The van der Waals surface area contributed by atoms with Crippen LogP contribution in [0.1, 0.15) is 30.5 Å². The minimum Gasteiger partial charge on any atom is -0.392 e. The Balaban J connectivity index is 3.01. The average molecular weight is 241 g/mol. The maximum absolute atomic E-state index is 4.17. The van der Waals surface area contributed by atoms with E-state index in [1.165, 1.54) is 22.3 Å². The van der Waals surface area contributed by atoms with E-state index in [-0.39, 0.29) is 0 Å². The second-order valence-electron chi connectivity index (χ2n) is 4.81. The topological polar surface area (TPSA) is 12.0 Å². The Morgan fingerprint density at radius 2 is 1.83 bits per heavy atom. The summed E-state index contributed by atoms with van der Waals surface area (Å²) in [6.45, 7) is 12.6. The molecule has 0 fully saturated rings. The Hall–Kier alpha value is -1.76. The predicted molar refractivity (Wildman–Crippen MR) is 81.5 cm³/mol. The number of rotatable bonds is 4. The molecule has 1 aromatic rings. The number of hydrogen-bond donors (Lipinski definition) is 1. The molecule has 0 bridgehead atoms. The lowest BCUT2D eigenvalue weighted by Gasteiger charge is -2.08. The summed E-state index contributed by atoms with van der Waals surface area (Å²) in [5.74, 6) is 0. The third kappa shape index (κ3) is 3.92. The largest absolute Gasteiger partial charge is 0.392 e. The molecule has 1 aromatic carbocycles. The van der Waals surface area contributed by atoms with E-state index in [4.69, 9.17) is 0 Å². The lowest BCUT2D eigenvalue weighted by atomic mass is 9.98. The van der Waals surface area contributed by atoms with E-state index >= 15 is 0 Å². The molecule has 0 saturated carbocycles. The summed E-state index contributed by atoms with van der Waals surface area (Å²) in [6, 6.07) is 6.47. The first-order valence-electron chi connectivity index (χ1n) is 6.25. The molecular weight excluding hydrogens is 218 g/mol. The molecule has 1 rings (SSSR count). The van der Waals surface area contributed by atoms with Gasteiger partial charge in [-0.2, -0.15) is 0 Å². The SMILES string of the molecule is C=C(/C=C(C)\C=C(\C)NC)c1cc(C)ccc1C. The van der Waals surface area contributed by atoms with E-state index in [2.05, 4.69) is 69.9 Å². The van der Waals surface area contributed by atoms with Gasteiger partial charge in [0.05, 0.1) is 0 Å². The van der Waals surface area contributed by atoms with Crippen LogP contribution in [0.15, 0.2) is 48.2 Å². The monoisotopic (exact) mass is 241 g/mol. The Kier molecular flexibility index (Phi) is 4.96. The van der Waals surface area contributed by atoms with Gasteiger partial charge >= 0.3 is 0 Å². The van der Waals surface area contributed by atoms with Crippen molar-refractivity contribution in [3.63, 3.8) is 0 Å². The highest BCUT2D eigenvalue weighted by Gasteiger charge is 2.01. The van der Waals surface area contributed by atoms with Crippen molar-refractivity contribution in [2.24, 2.45) is 0 Å². The molecular formula is C17H23N. The quantitative estimate of drug-likeness (QED) is 0.771. The summed E-state index contributed by atoms with van der Waals surface area (Å²) in [6.07, 6.45) is 4.25. The Morgan fingerprint density at radius 3 is 2.44 bits per heavy atom. The third-order valence-electron chi connectivity index (χ3n) is 2.98. The number of nitrogens with one attached hydrogen (secondary N) is 1. The molecule has 18 heavy (non-hydrogen) atoms. The van der Waals surface area contributed by atoms with Crippen LogP contribution < -0.4 is 5.32 Å². The first kappa shape index (κ1) is 14.3. The van der Waals surface area contributed by atoms with Crippen molar-refractivity contribution in [2.75, 3.05) is 7.05 Å². The van der Waals surface area contributed by atoms with E-state index in [1.807, 2.05) is 7.05 Å². The van der Waals surface area contributed by atoms with Gasteiger partial charge in [0.1, 0.15) is 0 Å². The highest BCUT2D eigenvalue weighted by Crippen LogP contribution is 2.21. The summed E-state index contributed by atoms with van der Waals surface area (Å²) < 4.78 is 0. The van der Waals surface area contributed by atoms with Gasteiger partial charge in [-0.3, -0.25) is 0 Å². The number of benzene rings is 1. The van der Waals surface area contributed by atoms with Gasteiger partial charge in [-0.25, -0.2) is 0 Å². The second kappa shape index (κ2) is 6.25. The van der Waals surface area contributed by atoms with Crippen molar-refractivity contribution in [1.29, 1.82) is 0 Å². The molecule has 1 heteroatoms. The predicted octanol–water partition coefficient (Wildman–Crippen LogP) is 4.39. The van der Waals surface area contributed by atoms with Crippen LogP contribution in [-0.4, -0.2) is 7.05 Å². The average Bonchev–Trinajstić information content (AvgIpc) is 2.31. The van der Waals surface area contributed by atoms with Crippen LogP contribution in [0.3, 0.4) is 0 Å². The fraction of sp³-hybridized carbons (Fsp3) is 0.294. The zero-order chi connectivity index (χ0) is 13.7. The van der Waals surface area contributed by atoms with Crippen molar-refractivity contribution < 1.29 is 0 Å². The lowest BCUT2D eigenvalue weighted by molar-refractivity contribution is 0.986. The molecule has 0 atom stereocenters. The molecule has 1 nitrogen and oxygen atoms in total. The van der Waals surface area contributed by atoms with Gasteiger partial charge in [0.25, 0.3) is 0 Å². The fourth-order valence-corrected chi connectivity index (χ4v) is 1.89. The molecule has 0 aliphatic heterocycles. The molecule has 96 valence electrons. The maximum Gasteiger partial charge on any atom is 0.00750 e. The minimum atomic E-state index is 1.06. The molecule has 0 aliphatic carbocycles. The standard InChI is InChI=1S/C17H23N/c1-12-7-8-14(3)17(11-12)15(4)9-13(2)10-16(5)18-6/h7-11,18H,4H2,1-3,5-6H3/b13-9-,16-10-. The van der Waals surface area contributed by atoms with E-state index in [0.29, 0.717) is 0 Å². The Morgan fingerprint density at radius 1 is 1.17 bits per heavy atom. The van der Waals surface area contributed by atoms with Crippen LogP contribution in [0.25, 0.3) is 5.57 Å². The smallest absolute Gasteiger partial charge is 0.00750 e. The molecule has 0 heterocycles. The fourth-order valence-electron chi connectivity index (χ4n) is 1.89. The molecule has 0 saturated heterocycles. The maximum atomic E-state index is 4.17. The first-order chi connectivity index (χ1) is 8.43. The molecule has 0 amide bonds. The minimum absolute atomic E-state index is 1.06. The van der Waals surface area contributed by atoms with Gasteiger partial charge in [-0.1, -0.05) is 36.4 Å². The molecule has 0 aromatic heterocycles. The highest BCUT2D eigenvalue weighted by atomic mass is 14.8. The number of aryl methyl sites for hydroxylation is 2. The summed E-state index contributed by atoms with van der Waals surface area (Å²) in [5.41, 5.74) is 7.18. The van der Waals surface area contributed by atoms with E-state index in [1.54, 1.807) is 0 Å². The van der Waals surface area contributed by atoms with Crippen molar-refractivity contribution in [2.45, 2.75) is 27.7 Å². The van der Waals surface area contributed by atoms with Gasteiger partial charge in [-0.15, -0.1) is 0 Å². The lowest BCUT2D eigenvalue weighted by Crippen LogP contribution is -2.01. The molecule has 0 aliphatic rings. The summed E-state index contributed by atoms with van der Waals surface area (Å²) in [7, 11) is 1.93. The number of hydrogen-bond acceptors (Lipinski definition) is 1. The Labute approximate surface area is 111 Å². The zero-order valence-electron chi connectivity index (χ0n) is 12.1. The van der Waals surface area contributed by atoms with E-state index < -0.39 is 0 Å². The van der Waals surface area contributed by atoms with Crippen LogP contribution in [-0.2, 0) is 0 Å². The summed E-state index contributed by atoms with van der Waals surface area (Å²) in [5, 5.41) is 3.12. The first-order valence-corrected chi connectivity index (χ1v) is 6.25. The third-order valence-corrected chi connectivity index (χ3v) is 2.98. The van der Waals surface area contributed by atoms with Crippen LogP contribution >= 0.6 is 0 Å². The molecule has 0 spiro atoms. The normalized spacial score (nSPS) is 12.5. The highest BCUT2D eigenvalue weighted by molar-refractivity contribution is 5.75. The van der Waals surface area contributed by atoms with Gasteiger partial charge in [0, 0.05) is 12.7 Å².